The number of ether oxygens (including phenoxy) is 1. The number of aromatic nitrogens is 2. The van der Waals surface area contributed by atoms with Gasteiger partial charge in [-0.3, -0.25) is 0 Å². The number of alkyl halides is 4. The minimum Gasteiger partial charge on any atom is -0.489 e. The highest BCUT2D eigenvalue weighted by molar-refractivity contribution is 7.99. The van der Waals surface area contributed by atoms with E-state index in [0.29, 0.717) is 11.8 Å². The minimum atomic E-state index is -4.39. The fourth-order valence-corrected chi connectivity index (χ4v) is 3.34. The molecule has 0 saturated heterocycles. The lowest BCUT2D eigenvalue weighted by Crippen LogP contribution is -2.14. The van der Waals surface area contributed by atoms with Gasteiger partial charge in [-0.25, -0.2) is 18.7 Å². The maximum atomic E-state index is 13.9. The van der Waals surface area contributed by atoms with E-state index in [0.717, 1.165) is 18.5 Å². The fourth-order valence-electron chi connectivity index (χ4n) is 2.01. The van der Waals surface area contributed by atoms with E-state index in [9.17, 15) is 22.0 Å². The molecule has 0 saturated carbocycles. The van der Waals surface area contributed by atoms with Crippen molar-refractivity contribution in [1.29, 1.82) is 0 Å². The number of halogens is 7. The van der Waals surface area contributed by atoms with Crippen LogP contribution in [-0.4, -0.2) is 35.0 Å². The normalized spacial score (nSPS) is 12.7. The monoisotopic (exact) mass is 461 g/mol. The highest BCUT2D eigenvalue weighted by Crippen LogP contribution is 2.36. The van der Waals surface area contributed by atoms with Crippen LogP contribution in [0.15, 0.2) is 23.4 Å². The Morgan fingerprint density at radius 1 is 1.25 bits per heavy atom. The predicted octanol–water partition coefficient (Wildman–Crippen LogP) is 6.10. The summed E-state index contributed by atoms with van der Waals surface area (Å²) in [6.45, 7) is 1.32. The molecule has 0 radical (unpaired) electrons. The van der Waals surface area contributed by atoms with Crippen molar-refractivity contribution in [3.05, 3.63) is 40.0 Å². The SMILES string of the molecule is CC(F)c1ncnc(NCCOc2cc(SCC(F)(F)F)c(Cl)cc2F)c1Cl. The van der Waals surface area contributed by atoms with E-state index in [1.54, 1.807) is 0 Å². The van der Waals surface area contributed by atoms with Gasteiger partial charge in [0.05, 0.1) is 23.0 Å². The van der Waals surface area contributed by atoms with E-state index in [1.165, 1.54) is 6.92 Å². The van der Waals surface area contributed by atoms with Crippen molar-refractivity contribution in [3.63, 3.8) is 0 Å². The van der Waals surface area contributed by atoms with E-state index >= 15 is 0 Å². The van der Waals surface area contributed by atoms with Crippen molar-refractivity contribution < 1.29 is 26.7 Å². The summed E-state index contributed by atoms with van der Waals surface area (Å²) in [6, 6.07) is 1.99. The molecule has 2 rings (SSSR count). The molecule has 1 aromatic carbocycles. The smallest absolute Gasteiger partial charge is 0.398 e. The van der Waals surface area contributed by atoms with E-state index in [2.05, 4.69) is 15.3 Å². The molecule has 0 spiro atoms. The largest absolute Gasteiger partial charge is 0.489 e. The fraction of sp³-hybridized carbons (Fsp3) is 0.375. The Hall–Kier alpha value is -1.52. The average molecular weight is 462 g/mol. The number of nitrogens with zero attached hydrogens (tertiary/aromatic N) is 2. The molecule has 1 aromatic heterocycles. The third kappa shape index (κ3) is 6.52. The second-order valence-corrected chi connectivity index (χ2v) is 7.23. The number of hydrogen-bond acceptors (Lipinski definition) is 5. The molecular formula is C16H14Cl2F5N3OS. The van der Waals surface area contributed by atoms with Gasteiger partial charge in [0.2, 0.25) is 0 Å². The number of nitrogens with one attached hydrogen (secondary N) is 1. The molecule has 0 aliphatic heterocycles. The minimum absolute atomic E-state index is 0.0148. The van der Waals surface area contributed by atoms with Crippen LogP contribution < -0.4 is 10.1 Å². The Labute approximate surface area is 171 Å². The van der Waals surface area contributed by atoms with Crippen LogP contribution in [0.2, 0.25) is 10.0 Å². The quantitative estimate of drug-likeness (QED) is 0.292. The van der Waals surface area contributed by atoms with Gasteiger partial charge in [0, 0.05) is 4.90 Å². The second-order valence-electron chi connectivity index (χ2n) is 5.43. The van der Waals surface area contributed by atoms with Crippen molar-refractivity contribution in [2.45, 2.75) is 24.2 Å². The number of hydrogen-bond donors (Lipinski definition) is 1. The van der Waals surface area contributed by atoms with Gasteiger partial charge in [0.15, 0.2) is 11.6 Å². The van der Waals surface area contributed by atoms with E-state index in [-0.39, 0.29) is 45.4 Å². The lowest BCUT2D eigenvalue weighted by Gasteiger charge is -2.13. The molecule has 0 aliphatic carbocycles. The van der Waals surface area contributed by atoms with E-state index < -0.39 is 23.9 Å². The number of rotatable bonds is 8. The van der Waals surface area contributed by atoms with E-state index in [4.69, 9.17) is 27.9 Å². The zero-order valence-electron chi connectivity index (χ0n) is 14.3. The summed E-state index contributed by atoms with van der Waals surface area (Å²) in [5, 5.41) is 2.67. The Bertz CT molecular complexity index is 824. The van der Waals surface area contributed by atoms with Gasteiger partial charge in [-0.15, -0.1) is 11.8 Å². The van der Waals surface area contributed by atoms with Gasteiger partial charge in [-0.05, 0) is 19.1 Å². The Kier molecular flexibility index (Phi) is 7.97. The van der Waals surface area contributed by atoms with Crippen LogP contribution in [0.25, 0.3) is 0 Å². The summed E-state index contributed by atoms with van der Waals surface area (Å²) in [7, 11) is 0. The third-order valence-electron chi connectivity index (χ3n) is 3.22. The van der Waals surface area contributed by atoms with Crippen LogP contribution in [0.5, 0.6) is 5.75 Å². The topological polar surface area (TPSA) is 47.0 Å². The average Bonchev–Trinajstić information content (AvgIpc) is 2.59. The second kappa shape index (κ2) is 9.80. The molecule has 12 heteroatoms. The maximum absolute atomic E-state index is 13.9. The molecule has 1 unspecified atom stereocenters. The van der Waals surface area contributed by atoms with Gasteiger partial charge in [-0.1, -0.05) is 23.2 Å². The lowest BCUT2D eigenvalue weighted by atomic mass is 10.3. The van der Waals surface area contributed by atoms with Crippen LogP contribution >= 0.6 is 35.0 Å². The standard InChI is InChI=1S/C16H14Cl2F5N3OS/c1-8(19)14-13(18)15(26-7-25-14)24-2-3-27-11-5-12(9(17)4-10(11)20)28-6-16(21,22)23/h4-5,7-8H,2-3,6H2,1H3,(H,24,25,26). The molecule has 0 amide bonds. The molecule has 154 valence electrons. The third-order valence-corrected chi connectivity index (χ3v) is 5.14. The van der Waals surface area contributed by atoms with Crippen molar-refractivity contribution in [1.82, 2.24) is 9.97 Å². The Morgan fingerprint density at radius 2 is 1.96 bits per heavy atom. The summed E-state index contributed by atoms with van der Waals surface area (Å²) in [5.74, 6) is -2.04. The molecule has 2 aromatic rings. The van der Waals surface area contributed by atoms with Gasteiger partial charge in [0.25, 0.3) is 0 Å². The van der Waals surface area contributed by atoms with Crippen LogP contribution in [0.3, 0.4) is 0 Å². The first-order valence-corrected chi connectivity index (χ1v) is 9.52. The predicted molar refractivity (Wildman–Crippen MR) is 98.7 cm³/mol. The van der Waals surface area contributed by atoms with Crippen LogP contribution in [0.1, 0.15) is 18.8 Å². The molecule has 4 nitrogen and oxygen atoms in total. The molecule has 1 atom stereocenters. The van der Waals surface area contributed by atoms with Crippen LogP contribution in [-0.2, 0) is 0 Å². The molecule has 0 fully saturated rings. The number of thioether (sulfide) groups is 1. The molecule has 0 aliphatic rings. The first kappa shape index (κ1) is 22.8. The molecule has 1 N–H and O–H groups in total. The molecular weight excluding hydrogens is 448 g/mol. The summed E-state index contributed by atoms with van der Waals surface area (Å²) < 4.78 is 69.6. The summed E-state index contributed by atoms with van der Waals surface area (Å²) in [4.78, 5) is 7.67. The van der Waals surface area contributed by atoms with Crippen LogP contribution in [0.4, 0.5) is 27.8 Å². The van der Waals surface area contributed by atoms with Crippen molar-refractivity contribution in [3.8, 4) is 5.75 Å². The van der Waals surface area contributed by atoms with Gasteiger partial charge >= 0.3 is 6.18 Å². The molecule has 1 heterocycles. The zero-order valence-corrected chi connectivity index (χ0v) is 16.6. The number of benzene rings is 1. The first-order valence-electron chi connectivity index (χ1n) is 7.78. The number of anilines is 1. The van der Waals surface area contributed by atoms with E-state index in [1.807, 2.05) is 0 Å². The Morgan fingerprint density at radius 3 is 2.61 bits per heavy atom. The molecule has 28 heavy (non-hydrogen) atoms. The van der Waals surface area contributed by atoms with Crippen molar-refractivity contribution >= 4 is 40.8 Å². The highest BCUT2D eigenvalue weighted by Gasteiger charge is 2.28. The van der Waals surface area contributed by atoms with Gasteiger partial charge < -0.3 is 10.1 Å². The lowest BCUT2D eigenvalue weighted by molar-refractivity contribution is -0.105. The molecule has 0 bridgehead atoms. The zero-order chi connectivity index (χ0) is 20.9. The maximum Gasteiger partial charge on any atom is 0.398 e. The van der Waals surface area contributed by atoms with Crippen LogP contribution in [0, 0.1) is 5.82 Å². The van der Waals surface area contributed by atoms with Gasteiger partial charge in [-0.2, -0.15) is 13.2 Å². The first-order chi connectivity index (χ1) is 13.1. The van der Waals surface area contributed by atoms with Gasteiger partial charge in [0.1, 0.15) is 29.9 Å². The van der Waals surface area contributed by atoms with Crippen molar-refractivity contribution in [2.24, 2.45) is 0 Å². The summed E-state index contributed by atoms with van der Waals surface area (Å²) in [5.41, 5.74) is 0.0233. The Balaban J connectivity index is 1.97. The summed E-state index contributed by atoms with van der Waals surface area (Å²) in [6.07, 6.45) is -4.63. The summed E-state index contributed by atoms with van der Waals surface area (Å²) >= 11 is 12.2. The van der Waals surface area contributed by atoms with Crippen molar-refractivity contribution in [2.75, 3.05) is 24.2 Å². The highest BCUT2D eigenvalue weighted by atomic mass is 35.5.